The minimum absolute atomic E-state index is 0.0329. The smallest absolute Gasteiger partial charge is 0.299 e. The van der Waals surface area contributed by atoms with E-state index in [1.807, 2.05) is 23.6 Å². The molecule has 46 heavy (non-hydrogen) atoms. The van der Waals surface area contributed by atoms with Crippen LogP contribution in [0.4, 0.5) is 0 Å². The molecule has 10 rings (SSSR count). The number of ketones is 1. The van der Waals surface area contributed by atoms with Gasteiger partial charge in [-0.1, -0.05) is 85.8 Å². The number of nitrogens with zero attached hydrogens (tertiary/aromatic N) is 2. The predicted octanol–water partition coefficient (Wildman–Crippen LogP) is 9.29. The normalized spacial score (nSPS) is 24.2. The van der Waals surface area contributed by atoms with E-state index < -0.39 is 0 Å². The summed E-state index contributed by atoms with van der Waals surface area (Å²) in [5, 5.41) is 4.59. The molecular formula is C42H36N2O2. The summed E-state index contributed by atoms with van der Waals surface area (Å²) in [7, 11) is 1.87. The molecule has 4 atom stereocenters. The molecule has 0 saturated heterocycles. The third-order valence-corrected chi connectivity index (χ3v) is 12.6. The topological polar surface area (TPSA) is 43.5 Å². The summed E-state index contributed by atoms with van der Waals surface area (Å²) in [6.07, 6.45) is 6.25. The molecule has 0 bridgehead atoms. The minimum atomic E-state index is -0.0985. The fourth-order valence-corrected chi connectivity index (χ4v) is 10.4. The maximum atomic E-state index is 14.1. The van der Waals surface area contributed by atoms with Gasteiger partial charge in [-0.25, -0.2) is 4.79 Å². The maximum absolute atomic E-state index is 14.1. The van der Waals surface area contributed by atoms with Crippen LogP contribution in [0.3, 0.4) is 0 Å². The highest BCUT2D eigenvalue weighted by Gasteiger charge is 2.54. The van der Waals surface area contributed by atoms with Gasteiger partial charge < -0.3 is 0 Å². The highest BCUT2D eigenvalue weighted by Crippen LogP contribution is 2.60. The van der Waals surface area contributed by atoms with Crippen LogP contribution >= 0.6 is 0 Å². The summed E-state index contributed by atoms with van der Waals surface area (Å²) in [6, 6.07) is 32.7. The van der Waals surface area contributed by atoms with Crippen LogP contribution in [0.5, 0.6) is 0 Å². The van der Waals surface area contributed by atoms with Gasteiger partial charge in [-0.15, -0.1) is 0 Å². The van der Waals surface area contributed by atoms with Gasteiger partial charge in [-0.2, -0.15) is 0 Å². The Balaban J connectivity index is 1.26. The van der Waals surface area contributed by atoms with Gasteiger partial charge in [0.15, 0.2) is 0 Å². The van der Waals surface area contributed by atoms with Gasteiger partial charge in [0, 0.05) is 40.8 Å². The minimum Gasteiger partial charge on any atom is -0.299 e. The fraction of sp³-hybridized carbons (Fsp3) is 0.286. The summed E-state index contributed by atoms with van der Waals surface area (Å²) < 4.78 is 3.71. The van der Waals surface area contributed by atoms with Gasteiger partial charge in [-0.05, 0) is 95.0 Å². The van der Waals surface area contributed by atoms with Crippen LogP contribution in [0, 0.1) is 17.3 Å². The zero-order valence-corrected chi connectivity index (χ0v) is 26.3. The second-order valence-electron chi connectivity index (χ2n) is 14.5. The Labute approximate surface area is 267 Å². The number of fused-ring (bicyclic) bond motifs is 15. The summed E-state index contributed by atoms with van der Waals surface area (Å²) in [5.74, 6) is 2.22. The number of hydrogen-bond donors (Lipinski definition) is 0. The zero-order chi connectivity index (χ0) is 30.9. The van der Waals surface area contributed by atoms with E-state index in [1.165, 1.54) is 45.0 Å². The SMILES string of the molecule is Cn1c(=O)n2c3ccccc3c3c(-c4ccc5c(c4)CC[C@@H]4[C@@H]5CC[C@]5(C)C(=O)CC[C@@H]45)c4ccccc4c-3c2c2ccccc21. The van der Waals surface area contributed by atoms with Crippen molar-refractivity contribution in [2.24, 2.45) is 24.3 Å². The van der Waals surface area contributed by atoms with Gasteiger partial charge >= 0.3 is 5.69 Å². The van der Waals surface area contributed by atoms with Crippen molar-refractivity contribution in [2.75, 3.05) is 0 Å². The molecule has 0 amide bonds. The summed E-state index contributed by atoms with van der Waals surface area (Å²) in [4.78, 5) is 27.0. The molecule has 5 aliphatic rings. The van der Waals surface area contributed by atoms with Gasteiger partial charge in [0.05, 0.1) is 16.6 Å². The van der Waals surface area contributed by atoms with Crippen LogP contribution in [0.2, 0.25) is 0 Å². The Morgan fingerprint density at radius 2 is 1.39 bits per heavy atom. The molecule has 0 radical (unpaired) electrons. The first kappa shape index (κ1) is 26.5. The van der Waals surface area contributed by atoms with E-state index in [2.05, 4.69) is 85.8 Å². The van der Waals surface area contributed by atoms with E-state index in [0.29, 0.717) is 23.5 Å². The number of aromatic nitrogens is 2. The molecule has 1 aromatic heterocycles. The molecule has 2 fully saturated rings. The average Bonchev–Trinajstić information content (AvgIpc) is 3.60. The van der Waals surface area contributed by atoms with Crippen molar-refractivity contribution in [3.05, 3.63) is 113 Å². The van der Waals surface area contributed by atoms with Crippen molar-refractivity contribution in [2.45, 2.75) is 51.4 Å². The molecule has 2 saturated carbocycles. The number of carbonyl (C=O) groups excluding carboxylic acids is 1. The van der Waals surface area contributed by atoms with Crippen LogP contribution in [0.25, 0.3) is 60.3 Å². The average molecular weight is 601 g/mol. The van der Waals surface area contributed by atoms with E-state index in [-0.39, 0.29) is 11.1 Å². The number of carbonyl (C=O) groups is 1. The molecule has 4 aliphatic carbocycles. The highest BCUT2D eigenvalue weighted by molar-refractivity contribution is 6.27. The number of aryl methyl sites for hydroxylation is 2. The van der Waals surface area contributed by atoms with Crippen LogP contribution in [0.1, 0.15) is 56.1 Å². The molecule has 4 nitrogen and oxygen atoms in total. The van der Waals surface area contributed by atoms with Crippen LogP contribution in [0.15, 0.2) is 95.8 Å². The molecule has 5 aromatic rings. The molecule has 1 aliphatic heterocycles. The van der Waals surface area contributed by atoms with Gasteiger partial charge in [0.1, 0.15) is 5.78 Å². The second kappa shape index (κ2) is 9.19. The lowest BCUT2D eigenvalue weighted by Crippen LogP contribution is -2.42. The monoisotopic (exact) mass is 600 g/mol. The van der Waals surface area contributed by atoms with Crippen molar-refractivity contribution < 1.29 is 4.79 Å². The first-order chi connectivity index (χ1) is 22.5. The third kappa shape index (κ3) is 3.24. The van der Waals surface area contributed by atoms with E-state index in [9.17, 15) is 9.59 Å². The van der Waals surface area contributed by atoms with Crippen LogP contribution in [-0.4, -0.2) is 14.8 Å². The molecule has 4 aromatic carbocycles. The quantitative estimate of drug-likeness (QED) is 0.176. The Morgan fingerprint density at radius 1 is 0.696 bits per heavy atom. The van der Waals surface area contributed by atoms with Crippen LogP contribution < -0.4 is 5.69 Å². The number of benzene rings is 4. The number of rotatable bonds is 1. The molecule has 0 spiro atoms. The first-order valence-electron chi connectivity index (χ1n) is 17.0. The van der Waals surface area contributed by atoms with Crippen molar-refractivity contribution in [1.82, 2.24) is 8.97 Å². The maximum Gasteiger partial charge on any atom is 0.333 e. The van der Waals surface area contributed by atoms with E-state index in [4.69, 9.17) is 0 Å². The fourth-order valence-electron chi connectivity index (χ4n) is 10.4. The molecule has 2 heterocycles. The summed E-state index contributed by atoms with van der Waals surface area (Å²) >= 11 is 0. The lowest BCUT2D eigenvalue weighted by molar-refractivity contribution is -0.129. The number of para-hydroxylation sites is 2. The number of hydrogen-bond acceptors (Lipinski definition) is 2. The van der Waals surface area contributed by atoms with E-state index >= 15 is 0 Å². The number of Topliss-reactive ketones (excluding diaryl/α,β-unsaturated/α-hetero) is 1. The Kier molecular flexibility index (Phi) is 5.30. The molecule has 4 heteroatoms. The van der Waals surface area contributed by atoms with Crippen molar-refractivity contribution >= 4 is 43.9 Å². The lowest BCUT2D eigenvalue weighted by atomic mass is 9.55. The van der Waals surface area contributed by atoms with Crippen LogP contribution in [-0.2, 0) is 18.3 Å². The largest absolute Gasteiger partial charge is 0.333 e. The second-order valence-corrected chi connectivity index (χ2v) is 14.5. The third-order valence-electron chi connectivity index (χ3n) is 12.6. The zero-order valence-electron chi connectivity index (χ0n) is 26.3. The van der Waals surface area contributed by atoms with Gasteiger partial charge in [0.25, 0.3) is 0 Å². The molecule has 226 valence electrons. The first-order valence-corrected chi connectivity index (χ1v) is 17.0. The Morgan fingerprint density at radius 3 is 2.20 bits per heavy atom. The molecule has 0 N–H and O–H groups in total. The van der Waals surface area contributed by atoms with Gasteiger partial charge in [0.2, 0.25) is 0 Å². The highest BCUT2D eigenvalue weighted by atomic mass is 16.1. The number of pyridine rings is 1. The van der Waals surface area contributed by atoms with Crippen molar-refractivity contribution in [3.63, 3.8) is 0 Å². The molecule has 0 unspecified atom stereocenters. The Hall–Kier alpha value is -4.70. The van der Waals surface area contributed by atoms with E-state index in [0.717, 1.165) is 65.0 Å². The molecular weight excluding hydrogens is 564 g/mol. The van der Waals surface area contributed by atoms with Crippen molar-refractivity contribution in [1.29, 1.82) is 0 Å². The summed E-state index contributed by atoms with van der Waals surface area (Å²) in [6.45, 7) is 2.26. The van der Waals surface area contributed by atoms with Gasteiger partial charge in [-0.3, -0.25) is 13.8 Å². The van der Waals surface area contributed by atoms with E-state index in [1.54, 1.807) is 4.57 Å². The summed E-state index contributed by atoms with van der Waals surface area (Å²) in [5.41, 5.74) is 10.6. The lowest BCUT2D eigenvalue weighted by Gasteiger charge is -2.48. The van der Waals surface area contributed by atoms with Crippen molar-refractivity contribution in [3.8, 4) is 22.3 Å². The Bertz CT molecular complexity index is 2480. The predicted molar refractivity (Wildman–Crippen MR) is 187 cm³/mol. The standard InChI is InChI=1S/C42H36N2O2/c1-42-22-21-27-26-17-16-25(23-24(26)15-18-28(27)33(42)19-20-36(42)45)37-29-9-3-4-10-30(29)39-38(37)31-11-5-8-14-35(31)44-40(39)32-12-6-7-13-34(32)43(2)41(44)46/h3-14,16-17,23,27-28,33H,15,18-22H2,1-2H3/t27-,28-,33+,42+/m1/s1.